The number of hydrogen-bond donors (Lipinski definition) is 0. The second-order valence-corrected chi connectivity index (χ2v) is 20.2. The SMILES string of the molecule is CC/C=C\C/C=C\C/C=C\C/C=C\C/C=C\C/C=C\C/C=C\C/C=C\CCCCCCC(=O)OCC(COC(=O)CCCCCCC/C=C\CCCC)OC(=O)CCCCCCCCC/C=C\C/C=C\CCCCCC. The van der Waals surface area contributed by atoms with Crippen LogP contribution in [0.2, 0.25) is 0 Å². The van der Waals surface area contributed by atoms with Crippen molar-refractivity contribution in [2.75, 3.05) is 13.2 Å². The van der Waals surface area contributed by atoms with Gasteiger partial charge in [-0.3, -0.25) is 14.4 Å². The summed E-state index contributed by atoms with van der Waals surface area (Å²) in [7, 11) is 0. The Labute approximate surface area is 468 Å². The molecule has 0 aliphatic rings. The van der Waals surface area contributed by atoms with E-state index >= 15 is 0 Å². The van der Waals surface area contributed by atoms with Crippen molar-refractivity contribution < 1.29 is 28.6 Å². The van der Waals surface area contributed by atoms with Crippen molar-refractivity contribution in [2.24, 2.45) is 0 Å². The highest BCUT2D eigenvalue weighted by molar-refractivity contribution is 5.71. The molecule has 6 nitrogen and oxygen atoms in total. The first-order chi connectivity index (χ1) is 37.5. The third kappa shape index (κ3) is 60.4. The Bertz CT molecular complexity index is 1630. The number of allylic oxidation sites excluding steroid dienone is 22. The van der Waals surface area contributed by atoms with Crippen molar-refractivity contribution >= 4 is 17.9 Å². The highest BCUT2D eigenvalue weighted by atomic mass is 16.6. The van der Waals surface area contributed by atoms with Crippen LogP contribution in [0, 0.1) is 0 Å². The minimum Gasteiger partial charge on any atom is -0.462 e. The van der Waals surface area contributed by atoms with E-state index in [1.165, 1.54) is 83.5 Å². The van der Waals surface area contributed by atoms with E-state index < -0.39 is 6.10 Å². The highest BCUT2D eigenvalue weighted by Gasteiger charge is 2.19. The molecule has 0 aromatic carbocycles. The summed E-state index contributed by atoms with van der Waals surface area (Å²) < 4.78 is 16.8. The van der Waals surface area contributed by atoms with Crippen LogP contribution >= 0.6 is 0 Å². The molecular weight excluding hydrogens is 937 g/mol. The van der Waals surface area contributed by atoms with Crippen LogP contribution in [0.4, 0.5) is 0 Å². The molecule has 0 saturated heterocycles. The number of rotatable bonds is 55. The Balaban J connectivity index is 4.37. The van der Waals surface area contributed by atoms with Gasteiger partial charge in [0.2, 0.25) is 0 Å². The molecule has 1 atom stereocenters. The van der Waals surface area contributed by atoms with Crippen LogP contribution in [-0.4, -0.2) is 37.2 Å². The third-order valence-corrected chi connectivity index (χ3v) is 12.9. The summed E-state index contributed by atoms with van der Waals surface area (Å²) in [6.45, 7) is 6.44. The van der Waals surface area contributed by atoms with Crippen LogP contribution in [0.25, 0.3) is 0 Å². The fourth-order valence-corrected chi connectivity index (χ4v) is 8.17. The molecular formula is C70H114O6. The first-order valence-corrected chi connectivity index (χ1v) is 31.2. The van der Waals surface area contributed by atoms with E-state index in [1.54, 1.807) is 0 Å². The predicted octanol–water partition coefficient (Wildman–Crippen LogP) is 21.4. The van der Waals surface area contributed by atoms with Gasteiger partial charge in [0.25, 0.3) is 0 Å². The molecule has 0 saturated carbocycles. The van der Waals surface area contributed by atoms with E-state index in [-0.39, 0.29) is 31.1 Å². The molecule has 0 aliphatic carbocycles. The van der Waals surface area contributed by atoms with Crippen molar-refractivity contribution in [2.45, 2.75) is 277 Å². The molecule has 0 aliphatic heterocycles. The topological polar surface area (TPSA) is 78.9 Å². The van der Waals surface area contributed by atoms with Gasteiger partial charge >= 0.3 is 17.9 Å². The zero-order valence-corrected chi connectivity index (χ0v) is 49.2. The van der Waals surface area contributed by atoms with Gasteiger partial charge in [-0.15, -0.1) is 0 Å². The standard InChI is InChI=1S/C70H114O6/c1-4-7-10-13-16-19-22-24-26-28-30-31-32-33-34-35-36-37-38-39-40-42-43-45-48-51-54-57-60-63-69(72)75-66-67(65-74-68(71)62-59-56-53-50-47-21-18-15-12-9-6-3)76-70(73)64-61-58-55-52-49-46-44-41-29-27-25-23-20-17-14-11-8-5-2/h7,10,15-16,18-20,23-24,26-27,29-31,33-34,36-37,39-40,43,45,67H,4-6,8-9,11-14,17,21-22,25,28,32,35,38,41-42,44,46-66H2,1-3H3/b10-7-,18-15-,19-16-,23-20-,26-24-,29-27-,31-30-,34-33-,37-36-,40-39-,45-43-. The highest BCUT2D eigenvalue weighted by Crippen LogP contribution is 2.14. The number of hydrogen-bond acceptors (Lipinski definition) is 6. The van der Waals surface area contributed by atoms with Crippen LogP contribution < -0.4 is 0 Å². The summed E-state index contributed by atoms with van der Waals surface area (Å²) >= 11 is 0. The van der Waals surface area contributed by atoms with Gasteiger partial charge in [0.1, 0.15) is 13.2 Å². The van der Waals surface area contributed by atoms with E-state index in [0.29, 0.717) is 19.3 Å². The maximum absolute atomic E-state index is 12.9. The molecule has 6 heteroatoms. The van der Waals surface area contributed by atoms with Crippen LogP contribution in [0.5, 0.6) is 0 Å². The van der Waals surface area contributed by atoms with Crippen molar-refractivity contribution in [1.82, 2.24) is 0 Å². The van der Waals surface area contributed by atoms with E-state index in [4.69, 9.17) is 14.2 Å². The number of esters is 3. The first kappa shape index (κ1) is 71.5. The zero-order chi connectivity index (χ0) is 55.0. The van der Waals surface area contributed by atoms with Crippen LogP contribution in [0.15, 0.2) is 134 Å². The minimum absolute atomic E-state index is 0.0972. The maximum Gasteiger partial charge on any atom is 0.306 e. The molecule has 0 N–H and O–H groups in total. The van der Waals surface area contributed by atoms with Gasteiger partial charge in [0.05, 0.1) is 0 Å². The summed E-state index contributed by atoms with van der Waals surface area (Å²) in [6, 6.07) is 0. The monoisotopic (exact) mass is 1050 g/mol. The fourth-order valence-electron chi connectivity index (χ4n) is 8.17. The number of carbonyl (C=O) groups excluding carboxylic acids is 3. The lowest BCUT2D eigenvalue weighted by Crippen LogP contribution is -2.30. The van der Waals surface area contributed by atoms with Crippen molar-refractivity contribution in [3.63, 3.8) is 0 Å². The summed E-state index contributed by atoms with van der Waals surface area (Å²) in [5.41, 5.74) is 0. The third-order valence-electron chi connectivity index (χ3n) is 12.9. The fraction of sp³-hybridized carbons (Fsp3) is 0.643. The molecule has 0 fully saturated rings. The van der Waals surface area contributed by atoms with E-state index in [9.17, 15) is 14.4 Å². The molecule has 0 aromatic heterocycles. The average molecular weight is 1050 g/mol. The van der Waals surface area contributed by atoms with Gasteiger partial charge in [-0.05, 0) is 135 Å². The quantitative estimate of drug-likeness (QED) is 0.0261. The van der Waals surface area contributed by atoms with Crippen LogP contribution in [-0.2, 0) is 28.6 Å². The molecule has 0 heterocycles. The molecule has 0 aromatic rings. The normalized spacial score (nSPS) is 13.0. The Morgan fingerprint density at radius 1 is 0.276 bits per heavy atom. The minimum atomic E-state index is -0.801. The average Bonchev–Trinajstić information content (AvgIpc) is 3.42. The van der Waals surface area contributed by atoms with Crippen molar-refractivity contribution in [3.8, 4) is 0 Å². The van der Waals surface area contributed by atoms with Gasteiger partial charge in [-0.25, -0.2) is 0 Å². The van der Waals surface area contributed by atoms with E-state index in [0.717, 1.165) is 148 Å². The predicted molar refractivity (Wildman–Crippen MR) is 329 cm³/mol. The molecule has 0 spiro atoms. The maximum atomic E-state index is 12.9. The van der Waals surface area contributed by atoms with Gasteiger partial charge in [0, 0.05) is 19.3 Å². The molecule has 0 bridgehead atoms. The summed E-state index contributed by atoms with van der Waals surface area (Å²) in [5, 5.41) is 0. The lowest BCUT2D eigenvalue weighted by Gasteiger charge is -2.18. The Hall–Kier alpha value is -4.45. The summed E-state index contributed by atoms with van der Waals surface area (Å²) in [4.78, 5) is 38.2. The Morgan fingerprint density at radius 2 is 0.526 bits per heavy atom. The largest absolute Gasteiger partial charge is 0.462 e. The van der Waals surface area contributed by atoms with Gasteiger partial charge in [0.15, 0.2) is 6.10 Å². The van der Waals surface area contributed by atoms with Gasteiger partial charge in [-0.1, -0.05) is 251 Å². The second kappa shape index (κ2) is 63.1. The number of ether oxygens (including phenoxy) is 3. The molecule has 0 amide bonds. The van der Waals surface area contributed by atoms with Crippen molar-refractivity contribution in [3.05, 3.63) is 134 Å². The lowest BCUT2D eigenvalue weighted by molar-refractivity contribution is -0.167. The number of carbonyl (C=O) groups is 3. The smallest absolute Gasteiger partial charge is 0.306 e. The van der Waals surface area contributed by atoms with E-state index in [1.807, 2.05) is 0 Å². The molecule has 0 rings (SSSR count). The van der Waals surface area contributed by atoms with Gasteiger partial charge < -0.3 is 14.2 Å². The lowest BCUT2D eigenvalue weighted by atomic mass is 10.1. The second-order valence-electron chi connectivity index (χ2n) is 20.2. The molecule has 430 valence electrons. The van der Waals surface area contributed by atoms with E-state index in [2.05, 4.69) is 154 Å². The summed E-state index contributed by atoms with van der Waals surface area (Å²) in [6.07, 6.45) is 88.8. The summed E-state index contributed by atoms with van der Waals surface area (Å²) in [5.74, 6) is -0.941. The Kier molecular flexibility index (Phi) is 59.4. The molecule has 76 heavy (non-hydrogen) atoms. The molecule has 1 unspecified atom stereocenters. The zero-order valence-electron chi connectivity index (χ0n) is 49.2. The molecule has 0 radical (unpaired) electrons. The van der Waals surface area contributed by atoms with Crippen LogP contribution in [0.3, 0.4) is 0 Å². The number of unbranched alkanes of at least 4 members (excludes halogenated alkanes) is 22. The Morgan fingerprint density at radius 3 is 0.855 bits per heavy atom. The van der Waals surface area contributed by atoms with Crippen LogP contribution in [0.1, 0.15) is 271 Å². The van der Waals surface area contributed by atoms with Gasteiger partial charge in [-0.2, -0.15) is 0 Å². The van der Waals surface area contributed by atoms with Crippen molar-refractivity contribution in [1.29, 1.82) is 0 Å². The first-order valence-electron chi connectivity index (χ1n) is 31.2.